The quantitative estimate of drug-likeness (QED) is 0.850. The molecular weight excluding hydrogens is 286 g/mol. The Kier molecular flexibility index (Phi) is 4.65. The third kappa shape index (κ3) is 3.81. The van der Waals surface area contributed by atoms with Crippen molar-refractivity contribution >= 4 is 12.1 Å². The molecule has 2 saturated heterocycles. The second-order valence-corrected chi connectivity index (χ2v) is 5.72. The fraction of sp³-hybridized carbons (Fsp3) is 0.846. The molecule has 0 unspecified atom stereocenters. The molecule has 0 aromatic carbocycles. The van der Waals surface area contributed by atoms with E-state index in [1.807, 2.05) is 0 Å². The number of carbonyl (C=O) groups is 2. The maximum absolute atomic E-state index is 13.2. The van der Waals surface area contributed by atoms with Crippen molar-refractivity contribution in [3.8, 4) is 0 Å². The molecular formula is C13H20F2N2O4. The van der Waals surface area contributed by atoms with Crippen LogP contribution in [0.4, 0.5) is 13.6 Å². The van der Waals surface area contributed by atoms with Crippen LogP contribution in [0.3, 0.4) is 0 Å². The number of rotatable bonds is 3. The van der Waals surface area contributed by atoms with Gasteiger partial charge in [0.15, 0.2) is 0 Å². The summed E-state index contributed by atoms with van der Waals surface area (Å²) in [5.41, 5.74) is 0. The number of ether oxygens (including phenoxy) is 1. The zero-order valence-corrected chi connectivity index (χ0v) is 11.9. The number of amides is 1. The normalized spacial score (nSPS) is 29.4. The molecule has 6 nitrogen and oxygen atoms in total. The molecule has 2 aliphatic heterocycles. The van der Waals surface area contributed by atoms with Gasteiger partial charge in [-0.1, -0.05) is 0 Å². The van der Waals surface area contributed by atoms with Gasteiger partial charge in [0.2, 0.25) is 0 Å². The Morgan fingerprint density at radius 3 is 2.62 bits per heavy atom. The fourth-order valence-corrected chi connectivity index (χ4v) is 3.07. The maximum atomic E-state index is 13.2. The molecule has 2 rings (SSSR count). The number of carboxylic acids is 1. The Bertz CT molecular complexity index is 419. The second-order valence-electron chi connectivity index (χ2n) is 5.72. The van der Waals surface area contributed by atoms with Gasteiger partial charge < -0.3 is 14.7 Å². The molecule has 120 valence electrons. The predicted molar refractivity (Wildman–Crippen MR) is 69.3 cm³/mol. The molecule has 21 heavy (non-hydrogen) atoms. The van der Waals surface area contributed by atoms with Crippen molar-refractivity contribution < 1.29 is 28.2 Å². The van der Waals surface area contributed by atoms with Crippen LogP contribution in [0.5, 0.6) is 0 Å². The summed E-state index contributed by atoms with van der Waals surface area (Å²) < 4.78 is 31.2. The zero-order valence-electron chi connectivity index (χ0n) is 11.9. The van der Waals surface area contributed by atoms with Crippen LogP contribution in [0, 0.1) is 5.92 Å². The molecule has 1 N–H and O–H groups in total. The van der Waals surface area contributed by atoms with Crippen LogP contribution in [0.15, 0.2) is 0 Å². The molecule has 2 heterocycles. The largest absolute Gasteiger partial charge is 0.481 e. The molecule has 2 atom stereocenters. The second kappa shape index (κ2) is 6.13. The number of aliphatic carboxylic acids is 1. The van der Waals surface area contributed by atoms with Crippen LogP contribution in [0.1, 0.15) is 19.3 Å². The molecule has 2 aliphatic rings. The lowest BCUT2D eigenvalue weighted by Gasteiger charge is -2.39. The highest BCUT2D eigenvalue weighted by Gasteiger charge is 2.41. The number of methoxy groups -OCH3 is 1. The first kappa shape index (κ1) is 15.9. The van der Waals surface area contributed by atoms with Crippen LogP contribution in [0.25, 0.3) is 0 Å². The van der Waals surface area contributed by atoms with Gasteiger partial charge in [-0.2, -0.15) is 0 Å². The van der Waals surface area contributed by atoms with Crippen LogP contribution in [0.2, 0.25) is 0 Å². The third-order valence-electron chi connectivity index (χ3n) is 4.19. The van der Waals surface area contributed by atoms with Gasteiger partial charge in [-0.25, -0.2) is 13.6 Å². The number of piperidine rings is 1. The molecule has 1 amide bonds. The molecule has 8 heteroatoms. The number of likely N-dealkylation sites (tertiary alicyclic amines) is 2. The van der Waals surface area contributed by atoms with Crippen LogP contribution in [-0.4, -0.2) is 72.2 Å². The highest BCUT2D eigenvalue weighted by Crippen LogP contribution is 2.30. The summed E-state index contributed by atoms with van der Waals surface area (Å²) in [5.74, 6) is -4.15. The highest BCUT2D eigenvalue weighted by molar-refractivity contribution is 5.72. The number of alkyl halides is 2. The van der Waals surface area contributed by atoms with E-state index in [1.54, 1.807) is 4.90 Å². The van der Waals surface area contributed by atoms with Gasteiger partial charge in [0.1, 0.15) is 0 Å². The van der Waals surface area contributed by atoms with Gasteiger partial charge in [-0.15, -0.1) is 0 Å². The SMILES string of the molecule is COC(=O)N1CC[C@@H](C(=O)O)C[C@H]1CN1CCC(F)(F)C1. The Morgan fingerprint density at radius 2 is 2.10 bits per heavy atom. The number of carbonyl (C=O) groups excluding carboxylic acids is 1. The lowest BCUT2D eigenvalue weighted by molar-refractivity contribution is -0.144. The van der Waals surface area contributed by atoms with E-state index >= 15 is 0 Å². The standard InChI is InChI=1S/C13H20F2N2O4/c1-21-12(20)17-4-2-9(11(18)19)6-10(17)7-16-5-3-13(14,15)8-16/h9-10H,2-8H2,1H3,(H,18,19)/t9-,10+/m1/s1. The smallest absolute Gasteiger partial charge is 0.409 e. The van der Waals surface area contributed by atoms with Gasteiger partial charge >= 0.3 is 12.1 Å². The molecule has 0 radical (unpaired) electrons. The van der Waals surface area contributed by atoms with Crippen molar-refractivity contribution in [2.45, 2.75) is 31.2 Å². The third-order valence-corrected chi connectivity index (χ3v) is 4.19. The number of hydrogen-bond acceptors (Lipinski definition) is 4. The van der Waals surface area contributed by atoms with E-state index in [0.717, 1.165) is 0 Å². The first-order valence-corrected chi connectivity index (χ1v) is 7.00. The van der Waals surface area contributed by atoms with E-state index in [-0.39, 0.29) is 39.0 Å². The van der Waals surface area contributed by atoms with Crippen molar-refractivity contribution in [1.29, 1.82) is 0 Å². The van der Waals surface area contributed by atoms with Crippen molar-refractivity contribution in [3.63, 3.8) is 0 Å². The Morgan fingerprint density at radius 1 is 1.38 bits per heavy atom. The summed E-state index contributed by atoms with van der Waals surface area (Å²) >= 11 is 0. The van der Waals surface area contributed by atoms with E-state index in [1.165, 1.54) is 12.0 Å². The van der Waals surface area contributed by atoms with E-state index in [2.05, 4.69) is 0 Å². The van der Waals surface area contributed by atoms with Gasteiger partial charge in [0.05, 0.1) is 19.6 Å². The van der Waals surface area contributed by atoms with Gasteiger partial charge in [-0.05, 0) is 12.8 Å². The lowest BCUT2D eigenvalue weighted by atomic mass is 9.91. The van der Waals surface area contributed by atoms with Crippen LogP contribution >= 0.6 is 0 Å². The summed E-state index contributed by atoms with van der Waals surface area (Å²) in [4.78, 5) is 25.9. The van der Waals surface area contributed by atoms with E-state index < -0.39 is 29.9 Å². The van der Waals surface area contributed by atoms with Gasteiger partial charge in [0, 0.05) is 32.1 Å². The monoisotopic (exact) mass is 306 g/mol. The Labute approximate surface area is 121 Å². The first-order valence-electron chi connectivity index (χ1n) is 7.00. The van der Waals surface area contributed by atoms with Crippen molar-refractivity contribution in [3.05, 3.63) is 0 Å². The van der Waals surface area contributed by atoms with E-state index in [4.69, 9.17) is 9.84 Å². The number of carboxylic acid groups (broad SMARTS) is 1. The molecule has 0 spiro atoms. The molecule has 0 bridgehead atoms. The number of hydrogen-bond donors (Lipinski definition) is 1. The Balaban J connectivity index is 2.03. The predicted octanol–water partition coefficient (Wildman–Crippen LogP) is 1.26. The highest BCUT2D eigenvalue weighted by atomic mass is 19.3. The number of halogens is 2. The maximum Gasteiger partial charge on any atom is 0.409 e. The van der Waals surface area contributed by atoms with Crippen molar-refractivity contribution in [1.82, 2.24) is 9.80 Å². The Hall–Kier alpha value is -1.44. The average molecular weight is 306 g/mol. The average Bonchev–Trinajstić information content (AvgIpc) is 2.77. The lowest BCUT2D eigenvalue weighted by Crippen LogP contribution is -2.52. The summed E-state index contributed by atoms with van der Waals surface area (Å²) in [7, 11) is 1.26. The minimum atomic E-state index is -2.70. The van der Waals surface area contributed by atoms with Crippen molar-refractivity contribution in [2.75, 3.05) is 33.3 Å². The molecule has 2 fully saturated rings. The summed E-state index contributed by atoms with van der Waals surface area (Å²) in [6.45, 7) is 0.458. The van der Waals surface area contributed by atoms with Crippen molar-refractivity contribution in [2.24, 2.45) is 5.92 Å². The molecule has 0 aliphatic carbocycles. The first-order chi connectivity index (χ1) is 9.82. The van der Waals surface area contributed by atoms with Crippen LogP contribution in [-0.2, 0) is 9.53 Å². The fourth-order valence-electron chi connectivity index (χ4n) is 3.07. The summed E-state index contributed by atoms with van der Waals surface area (Å²) in [6.07, 6.45) is -0.0982. The molecule has 0 saturated carbocycles. The summed E-state index contributed by atoms with van der Waals surface area (Å²) in [5, 5.41) is 9.11. The van der Waals surface area contributed by atoms with Gasteiger partial charge in [-0.3, -0.25) is 9.69 Å². The van der Waals surface area contributed by atoms with Gasteiger partial charge in [0.25, 0.3) is 5.92 Å². The zero-order chi connectivity index (χ0) is 15.6. The molecule has 0 aromatic heterocycles. The number of nitrogens with zero attached hydrogens (tertiary/aromatic N) is 2. The van der Waals surface area contributed by atoms with E-state index in [0.29, 0.717) is 6.42 Å². The summed E-state index contributed by atoms with van der Waals surface area (Å²) in [6, 6.07) is -0.402. The van der Waals surface area contributed by atoms with E-state index in [9.17, 15) is 18.4 Å². The molecule has 0 aromatic rings. The minimum absolute atomic E-state index is 0.194. The minimum Gasteiger partial charge on any atom is -0.481 e. The van der Waals surface area contributed by atoms with Crippen LogP contribution < -0.4 is 0 Å². The topological polar surface area (TPSA) is 70.1 Å².